The van der Waals surface area contributed by atoms with Gasteiger partial charge in [-0.15, -0.1) is 0 Å². The van der Waals surface area contributed by atoms with Crippen LogP contribution in [0.15, 0.2) is 11.6 Å². The molecule has 3 atom stereocenters. The van der Waals surface area contributed by atoms with E-state index in [0.717, 1.165) is 25.7 Å². The molecule has 0 bridgehead atoms. The minimum atomic E-state index is -0.845. The molecule has 2 aliphatic rings. The van der Waals surface area contributed by atoms with Gasteiger partial charge in [0.05, 0.1) is 0 Å². The fraction of sp³-hybridized carbons (Fsp3) is 0.714. The Morgan fingerprint density at radius 3 is 2.72 bits per heavy atom. The molecule has 2 fully saturated rings. The van der Waals surface area contributed by atoms with Gasteiger partial charge in [0.25, 0.3) is 0 Å². The molecule has 4 heteroatoms. The predicted molar refractivity (Wildman–Crippen MR) is 68.0 cm³/mol. The zero-order valence-corrected chi connectivity index (χ0v) is 11.1. The Kier molecular flexibility index (Phi) is 3.73. The van der Waals surface area contributed by atoms with Gasteiger partial charge in [-0.3, -0.25) is 4.79 Å². The van der Waals surface area contributed by atoms with E-state index in [1.807, 2.05) is 13.0 Å². The number of hydrogen-bond donors (Lipinski definition) is 1. The van der Waals surface area contributed by atoms with E-state index in [4.69, 9.17) is 0 Å². The molecule has 100 valence electrons. The van der Waals surface area contributed by atoms with Crippen LogP contribution in [0.1, 0.15) is 39.5 Å². The van der Waals surface area contributed by atoms with Gasteiger partial charge in [-0.05, 0) is 38.0 Å². The van der Waals surface area contributed by atoms with Crippen molar-refractivity contribution >= 4 is 11.9 Å². The Bertz CT molecular complexity index is 389. The molecule has 0 aromatic rings. The van der Waals surface area contributed by atoms with Gasteiger partial charge >= 0.3 is 5.97 Å². The smallest absolute Gasteiger partial charge is 0.326 e. The SMILES string of the molecule is CC/C=C(/C)C(=O)N1CC2CCCC2C1C(=O)O. The van der Waals surface area contributed by atoms with Crippen LogP contribution in [-0.4, -0.2) is 34.5 Å². The van der Waals surface area contributed by atoms with E-state index in [2.05, 4.69) is 0 Å². The quantitative estimate of drug-likeness (QED) is 0.781. The molecule has 1 aliphatic heterocycles. The van der Waals surface area contributed by atoms with E-state index >= 15 is 0 Å². The standard InChI is InChI=1S/C14H21NO3/c1-3-5-9(2)13(16)15-8-10-6-4-7-11(10)12(15)14(17)18/h5,10-12H,3-4,6-8H2,1-2H3,(H,17,18)/b9-5-. The van der Waals surface area contributed by atoms with Crippen LogP contribution < -0.4 is 0 Å². The number of fused-ring (bicyclic) bond motifs is 1. The van der Waals surface area contributed by atoms with Gasteiger partial charge in [0, 0.05) is 12.1 Å². The number of carboxylic acid groups (broad SMARTS) is 1. The summed E-state index contributed by atoms with van der Waals surface area (Å²) in [6, 6.07) is -0.606. The maximum atomic E-state index is 12.3. The summed E-state index contributed by atoms with van der Waals surface area (Å²) in [6.45, 7) is 4.37. The van der Waals surface area contributed by atoms with Crippen molar-refractivity contribution in [2.24, 2.45) is 11.8 Å². The first-order chi connectivity index (χ1) is 8.56. The molecule has 1 saturated heterocycles. The Morgan fingerprint density at radius 1 is 1.39 bits per heavy atom. The molecular weight excluding hydrogens is 230 g/mol. The third kappa shape index (κ3) is 2.16. The van der Waals surface area contributed by atoms with E-state index in [1.165, 1.54) is 0 Å². The van der Waals surface area contributed by atoms with Crippen molar-refractivity contribution in [2.75, 3.05) is 6.54 Å². The number of likely N-dealkylation sites (tertiary alicyclic amines) is 1. The van der Waals surface area contributed by atoms with Gasteiger partial charge < -0.3 is 10.0 Å². The Hall–Kier alpha value is -1.32. The molecule has 0 radical (unpaired) electrons. The van der Waals surface area contributed by atoms with Crippen molar-refractivity contribution in [1.29, 1.82) is 0 Å². The molecule has 2 rings (SSSR count). The van der Waals surface area contributed by atoms with Crippen molar-refractivity contribution in [1.82, 2.24) is 4.90 Å². The Labute approximate surface area is 108 Å². The number of nitrogens with zero attached hydrogens (tertiary/aromatic N) is 1. The number of carbonyl (C=O) groups is 2. The first kappa shape index (κ1) is 13.1. The number of carboxylic acids is 1. The topological polar surface area (TPSA) is 57.6 Å². The molecular formula is C14H21NO3. The molecule has 1 amide bonds. The first-order valence-electron chi connectivity index (χ1n) is 6.76. The molecule has 18 heavy (non-hydrogen) atoms. The minimum Gasteiger partial charge on any atom is -0.480 e. The van der Waals surface area contributed by atoms with Crippen molar-refractivity contribution in [3.8, 4) is 0 Å². The predicted octanol–water partition coefficient (Wildman–Crippen LogP) is 2.05. The summed E-state index contributed by atoms with van der Waals surface area (Å²) >= 11 is 0. The van der Waals surface area contributed by atoms with Gasteiger partial charge in [0.2, 0.25) is 5.91 Å². The van der Waals surface area contributed by atoms with Crippen LogP contribution in [0.3, 0.4) is 0 Å². The van der Waals surface area contributed by atoms with Gasteiger partial charge in [0.1, 0.15) is 6.04 Å². The number of allylic oxidation sites excluding steroid dienone is 1. The first-order valence-corrected chi connectivity index (χ1v) is 6.76. The van der Waals surface area contributed by atoms with Crippen LogP contribution in [0.4, 0.5) is 0 Å². The minimum absolute atomic E-state index is 0.0985. The van der Waals surface area contributed by atoms with Crippen molar-refractivity contribution < 1.29 is 14.7 Å². The van der Waals surface area contributed by atoms with Gasteiger partial charge in [0.15, 0.2) is 0 Å². The fourth-order valence-corrected chi connectivity index (χ4v) is 3.45. The zero-order valence-electron chi connectivity index (χ0n) is 11.1. The maximum Gasteiger partial charge on any atom is 0.326 e. The normalized spacial score (nSPS) is 31.6. The summed E-state index contributed by atoms with van der Waals surface area (Å²) < 4.78 is 0. The number of aliphatic carboxylic acids is 1. The van der Waals surface area contributed by atoms with E-state index in [9.17, 15) is 14.7 Å². The fourth-order valence-electron chi connectivity index (χ4n) is 3.45. The highest BCUT2D eigenvalue weighted by atomic mass is 16.4. The maximum absolute atomic E-state index is 12.3. The summed E-state index contributed by atoms with van der Waals surface area (Å²) in [5, 5.41) is 9.38. The molecule has 1 heterocycles. The van der Waals surface area contributed by atoms with Crippen LogP contribution in [0.2, 0.25) is 0 Å². The molecule has 1 saturated carbocycles. The molecule has 0 aromatic carbocycles. The van der Waals surface area contributed by atoms with Crippen LogP contribution >= 0.6 is 0 Å². The number of amides is 1. The lowest BCUT2D eigenvalue weighted by Crippen LogP contribution is -2.43. The van der Waals surface area contributed by atoms with Gasteiger partial charge in [-0.2, -0.15) is 0 Å². The average molecular weight is 251 g/mol. The van der Waals surface area contributed by atoms with Crippen LogP contribution in [-0.2, 0) is 9.59 Å². The van der Waals surface area contributed by atoms with E-state index in [0.29, 0.717) is 18.0 Å². The summed E-state index contributed by atoms with van der Waals surface area (Å²) in [5.74, 6) is -0.383. The summed E-state index contributed by atoms with van der Waals surface area (Å²) in [4.78, 5) is 25.3. The number of carbonyl (C=O) groups excluding carboxylic acids is 1. The third-order valence-corrected chi connectivity index (χ3v) is 4.25. The van der Waals surface area contributed by atoms with Crippen molar-refractivity contribution in [3.63, 3.8) is 0 Å². The summed E-state index contributed by atoms with van der Waals surface area (Å²) in [7, 11) is 0. The van der Waals surface area contributed by atoms with Crippen LogP contribution in [0, 0.1) is 11.8 Å². The Morgan fingerprint density at radius 2 is 2.11 bits per heavy atom. The van der Waals surface area contributed by atoms with Crippen molar-refractivity contribution in [3.05, 3.63) is 11.6 Å². The van der Waals surface area contributed by atoms with Gasteiger partial charge in [-0.1, -0.05) is 19.4 Å². The molecule has 1 N–H and O–H groups in total. The zero-order chi connectivity index (χ0) is 13.3. The largest absolute Gasteiger partial charge is 0.480 e. The van der Waals surface area contributed by atoms with Crippen LogP contribution in [0.5, 0.6) is 0 Å². The molecule has 0 aromatic heterocycles. The van der Waals surface area contributed by atoms with Crippen molar-refractivity contribution in [2.45, 2.75) is 45.6 Å². The highest BCUT2D eigenvalue weighted by Gasteiger charge is 2.49. The molecule has 0 spiro atoms. The second kappa shape index (κ2) is 5.12. The molecule has 3 unspecified atom stereocenters. The van der Waals surface area contributed by atoms with E-state index in [1.54, 1.807) is 11.8 Å². The highest BCUT2D eigenvalue weighted by molar-refractivity contribution is 5.96. The van der Waals surface area contributed by atoms with E-state index in [-0.39, 0.29) is 11.8 Å². The molecule has 4 nitrogen and oxygen atoms in total. The number of hydrogen-bond acceptors (Lipinski definition) is 2. The van der Waals surface area contributed by atoms with Crippen LogP contribution in [0.25, 0.3) is 0 Å². The average Bonchev–Trinajstić information content (AvgIpc) is 2.86. The lowest BCUT2D eigenvalue weighted by atomic mass is 9.94. The Balaban J connectivity index is 2.20. The summed E-state index contributed by atoms with van der Waals surface area (Å²) in [5.41, 5.74) is 0.670. The monoisotopic (exact) mass is 251 g/mol. The second-order valence-corrected chi connectivity index (χ2v) is 5.39. The summed E-state index contributed by atoms with van der Waals surface area (Å²) in [6.07, 6.45) is 5.78. The van der Waals surface area contributed by atoms with Gasteiger partial charge in [-0.25, -0.2) is 4.79 Å². The highest BCUT2D eigenvalue weighted by Crippen LogP contribution is 2.42. The third-order valence-electron chi connectivity index (χ3n) is 4.25. The van der Waals surface area contributed by atoms with E-state index < -0.39 is 12.0 Å². The lowest BCUT2D eigenvalue weighted by Gasteiger charge is -2.24. The number of rotatable bonds is 3. The molecule has 1 aliphatic carbocycles. The lowest BCUT2D eigenvalue weighted by molar-refractivity contribution is -0.148. The second-order valence-electron chi connectivity index (χ2n) is 5.39.